The monoisotopic (exact) mass is 179 g/mol. The normalized spacial score (nSPS) is 21.5. The van der Waals surface area contributed by atoms with Crippen LogP contribution in [0.25, 0.3) is 0 Å². The van der Waals surface area contributed by atoms with Gasteiger partial charge in [-0.15, -0.1) is 0 Å². The molecule has 1 atom stereocenters. The van der Waals surface area contributed by atoms with Crippen LogP contribution < -0.4 is 11.1 Å². The van der Waals surface area contributed by atoms with Crippen molar-refractivity contribution in [1.82, 2.24) is 10.2 Å². The first-order valence-electron chi connectivity index (χ1n) is 4.14. The molecule has 0 bridgehead atoms. The molecule has 1 aliphatic rings. The van der Waals surface area contributed by atoms with E-state index in [0.717, 1.165) is 12.0 Å². The lowest BCUT2D eigenvalue weighted by Gasteiger charge is -2.24. The summed E-state index contributed by atoms with van der Waals surface area (Å²) in [5.41, 5.74) is 6.38. The Labute approximate surface area is 77.8 Å². The second-order valence-electron chi connectivity index (χ2n) is 2.78. The lowest BCUT2D eigenvalue weighted by atomic mass is 10.2. The maximum absolute atomic E-state index is 11.1. The standard InChI is InChI=1S/C9H13N3O/c1-3-4-5-7-6-12(2)9(13)11-8(7)10/h6,8H,3,10H2,1-2H3,(H,11,13). The Hall–Kier alpha value is -1.47. The van der Waals surface area contributed by atoms with Gasteiger partial charge in [0, 0.05) is 19.7 Å². The second kappa shape index (κ2) is 3.97. The molecular formula is C9H13N3O. The van der Waals surface area contributed by atoms with E-state index in [1.54, 1.807) is 13.2 Å². The molecule has 3 N–H and O–H groups in total. The number of rotatable bonds is 0. The molecule has 1 unspecified atom stereocenters. The number of nitrogens with one attached hydrogen (secondary N) is 1. The minimum atomic E-state index is -0.470. The fourth-order valence-corrected chi connectivity index (χ4v) is 0.961. The van der Waals surface area contributed by atoms with Crippen LogP contribution in [-0.2, 0) is 0 Å². The Morgan fingerprint density at radius 1 is 1.77 bits per heavy atom. The molecule has 13 heavy (non-hydrogen) atoms. The lowest BCUT2D eigenvalue weighted by molar-refractivity contribution is 0.216. The van der Waals surface area contributed by atoms with Crippen LogP contribution in [0.2, 0.25) is 0 Å². The summed E-state index contributed by atoms with van der Waals surface area (Å²) in [5.74, 6) is 5.81. The number of carbonyl (C=O) groups is 1. The molecule has 0 radical (unpaired) electrons. The Bertz CT molecular complexity index is 298. The first-order valence-corrected chi connectivity index (χ1v) is 4.14. The van der Waals surface area contributed by atoms with Gasteiger partial charge in [-0.25, -0.2) is 4.79 Å². The Morgan fingerprint density at radius 2 is 2.46 bits per heavy atom. The van der Waals surface area contributed by atoms with Gasteiger partial charge in [0.1, 0.15) is 6.17 Å². The third kappa shape index (κ3) is 2.23. The van der Waals surface area contributed by atoms with Crippen molar-refractivity contribution in [3.8, 4) is 11.8 Å². The topological polar surface area (TPSA) is 58.4 Å². The van der Waals surface area contributed by atoms with E-state index in [1.165, 1.54) is 4.90 Å². The number of nitrogens with two attached hydrogens (primary N) is 1. The quantitative estimate of drug-likeness (QED) is 0.523. The fraction of sp³-hybridized carbons (Fsp3) is 0.444. The maximum atomic E-state index is 11.1. The molecule has 70 valence electrons. The van der Waals surface area contributed by atoms with E-state index in [9.17, 15) is 4.79 Å². The summed E-state index contributed by atoms with van der Waals surface area (Å²) < 4.78 is 0. The van der Waals surface area contributed by atoms with Crippen molar-refractivity contribution < 1.29 is 4.79 Å². The number of nitrogens with zero attached hydrogens (tertiary/aromatic N) is 1. The molecule has 1 aliphatic heterocycles. The molecule has 0 saturated carbocycles. The van der Waals surface area contributed by atoms with E-state index in [0.29, 0.717) is 0 Å². The molecule has 0 fully saturated rings. The summed E-state index contributed by atoms with van der Waals surface area (Å²) in [6.07, 6.45) is 1.97. The molecule has 0 aliphatic carbocycles. The van der Waals surface area contributed by atoms with Gasteiger partial charge in [0.05, 0.1) is 5.57 Å². The predicted octanol–water partition coefficient (Wildman–Crippen LogP) is 0.224. The van der Waals surface area contributed by atoms with Gasteiger partial charge < -0.3 is 16.0 Å². The summed E-state index contributed by atoms with van der Waals surface area (Å²) in [7, 11) is 1.66. The molecule has 0 aromatic rings. The van der Waals surface area contributed by atoms with Crippen molar-refractivity contribution in [2.24, 2.45) is 5.73 Å². The molecule has 4 heteroatoms. The first-order chi connectivity index (χ1) is 6.15. The zero-order valence-corrected chi connectivity index (χ0v) is 7.79. The summed E-state index contributed by atoms with van der Waals surface area (Å²) in [4.78, 5) is 12.5. The van der Waals surface area contributed by atoms with E-state index in [4.69, 9.17) is 5.73 Å². The summed E-state index contributed by atoms with van der Waals surface area (Å²) in [6.45, 7) is 1.96. The van der Waals surface area contributed by atoms with Gasteiger partial charge in [0.25, 0.3) is 0 Å². The Balaban J connectivity index is 2.83. The first kappa shape index (κ1) is 9.62. The zero-order valence-electron chi connectivity index (χ0n) is 7.79. The number of amides is 2. The largest absolute Gasteiger partial charge is 0.322 e. The highest BCUT2D eigenvalue weighted by molar-refractivity contribution is 5.77. The van der Waals surface area contributed by atoms with Gasteiger partial charge in [-0.2, -0.15) is 0 Å². The van der Waals surface area contributed by atoms with Crippen molar-refractivity contribution in [1.29, 1.82) is 0 Å². The molecule has 2 amide bonds. The van der Waals surface area contributed by atoms with Gasteiger partial charge in [0.15, 0.2) is 0 Å². The van der Waals surface area contributed by atoms with Crippen LogP contribution in [-0.4, -0.2) is 24.1 Å². The Morgan fingerprint density at radius 3 is 3.08 bits per heavy atom. The predicted molar refractivity (Wildman–Crippen MR) is 50.4 cm³/mol. The van der Waals surface area contributed by atoms with Crippen molar-refractivity contribution in [3.63, 3.8) is 0 Å². The van der Waals surface area contributed by atoms with Crippen LogP contribution in [0.15, 0.2) is 11.8 Å². The molecule has 4 nitrogen and oxygen atoms in total. The molecule has 0 saturated heterocycles. The van der Waals surface area contributed by atoms with Gasteiger partial charge in [-0.05, 0) is 0 Å². The third-order valence-electron chi connectivity index (χ3n) is 1.68. The third-order valence-corrected chi connectivity index (χ3v) is 1.68. The highest BCUT2D eigenvalue weighted by Crippen LogP contribution is 2.05. The summed E-state index contributed by atoms with van der Waals surface area (Å²) in [6, 6.07) is -0.199. The van der Waals surface area contributed by atoms with E-state index in [1.807, 2.05) is 6.92 Å². The number of urea groups is 1. The van der Waals surface area contributed by atoms with Gasteiger partial charge in [-0.1, -0.05) is 18.8 Å². The molecular weight excluding hydrogens is 166 g/mol. The van der Waals surface area contributed by atoms with E-state index >= 15 is 0 Å². The lowest BCUT2D eigenvalue weighted by Crippen LogP contribution is -2.50. The minimum Gasteiger partial charge on any atom is -0.318 e. The number of hydrogen-bond acceptors (Lipinski definition) is 2. The van der Waals surface area contributed by atoms with Crippen LogP contribution >= 0.6 is 0 Å². The Kier molecular flexibility index (Phi) is 2.93. The van der Waals surface area contributed by atoms with Crippen molar-refractivity contribution in [3.05, 3.63) is 11.8 Å². The molecule has 0 aromatic carbocycles. The van der Waals surface area contributed by atoms with Gasteiger partial charge in [-0.3, -0.25) is 0 Å². The van der Waals surface area contributed by atoms with Crippen LogP contribution in [0.1, 0.15) is 13.3 Å². The zero-order chi connectivity index (χ0) is 9.84. The number of hydrogen-bond donors (Lipinski definition) is 2. The van der Waals surface area contributed by atoms with Crippen molar-refractivity contribution in [2.75, 3.05) is 7.05 Å². The fourth-order valence-electron chi connectivity index (χ4n) is 0.961. The van der Waals surface area contributed by atoms with Gasteiger partial charge in [0.2, 0.25) is 0 Å². The average Bonchev–Trinajstić information content (AvgIpc) is 2.09. The van der Waals surface area contributed by atoms with Crippen molar-refractivity contribution >= 4 is 6.03 Å². The van der Waals surface area contributed by atoms with Crippen molar-refractivity contribution in [2.45, 2.75) is 19.5 Å². The van der Waals surface area contributed by atoms with E-state index in [2.05, 4.69) is 17.2 Å². The van der Waals surface area contributed by atoms with E-state index < -0.39 is 6.17 Å². The van der Waals surface area contributed by atoms with Crippen LogP contribution in [0.5, 0.6) is 0 Å². The minimum absolute atomic E-state index is 0.199. The van der Waals surface area contributed by atoms with Crippen LogP contribution in [0.3, 0.4) is 0 Å². The van der Waals surface area contributed by atoms with Crippen LogP contribution in [0, 0.1) is 11.8 Å². The summed E-state index contributed by atoms with van der Waals surface area (Å²) >= 11 is 0. The molecule has 0 aromatic heterocycles. The molecule has 0 spiro atoms. The molecule has 1 rings (SSSR count). The van der Waals surface area contributed by atoms with E-state index in [-0.39, 0.29) is 6.03 Å². The smallest absolute Gasteiger partial charge is 0.318 e. The maximum Gasteiger partial charge on any atom is 0.322 e. The second-order valence-corrected chi connectivity index (χ2v) is 2.78. The molecule has 1 heterocycles. The highest BCUT2D eigenvalue weighted by atomic mass is 16.2. The van der Waals surface area contributed by atoms with Gasteiger partial charge >= 0.3 is 6.03 Å². The average molecular weight is 179 g/mol. The summed E-state index contributed by atoms with van der Waals surface area (Å²) in [5, 5.41) is 2.58. The van der Waals surface area contributed by atoms with Crippen LogP contribution in [0.4, 0.5) is 4.79 Å². The highest BCUT2D eigenvalue weighted by Gasteiger charge is 2.19. The number of carbonyl (C=O) groups excluding carboxylic acids is 1. The SMILES string of the molecule is CCC#CC1=CN(C)C(=O)NC1N.